The molecule has 5 heteroatoms. The van der Waals surface area contributed by atoms with Crippen LogP contribution in [-0.4, -0.2) is 21.2 Å². The molecule has 1 aliphatic carbocycles. The van der Waals surface area contributed by atoms with E-state index >= 15 is 0 Å². The highest BCUT2D eigenvalue weighted by Gasteiger charge is 2.38. The lowest BCUT2D eigenvalue weighted by Crippen LogP contribution is -2.36. The molecule has 0 fully saturated rings. The molecule has 1 aliphatic heterocycles. The Morgan fingerprint density at radius 3 is 1.96 bits per heavy atom. The van der Waals surface area contributed by atoms with E-state index in [2.05, 4.69) is 121 Å². The van der Waals surface area contributed by atoms with Crippen molar-refractivity contribution in [3.63, 3.8) is 0 Å². The number of aromatic nitrogens is 2. The maximum Gasteiger partial charge on any atom is 0.171 e. The minimum absolute atomic E-state index is 0.115. The summed E-state index contributed by atoms with van der Waals surface area (Å²) >= 11 is 0. The molecule has 0 unspecified atom stereocenters. The predicted octanol–water partition coefficient (Wildman–Crippen LogP) is 8.98. The molecule has 0 saturated carbocycles. The van der Waals surface area contributed by atoms with E-state index in [9.17, 15) is 0 Å². The molecule has 0 radical (unpaired) electrons. The van der Waals surface area contributed by atoms with Gasteiger partial charge in [-0.15, -0.1) is 0 Å². The van der Waals surface area contributed by atoms with Gasteiger partial charge in [0.2, 0.25) is 0 Å². The van der Waals surface area contributed by atoms with Crippen LogP contribution in [0.5, 0.6) is 0 Å². The Morgan fingerprint density at radius 2 is 1.26 bits per heavy atom. The topological polar surface area (TPSA) is 54.6 Å². The molecule has 3 heterocycles. The maximum atomic E-state index is 5.07. The molecule has 0 amide bonds. The van der Waals surface area contributed by atoms with Crippen LogP contribution in [0.3, 0.4) is 0 Å². The first-order chi connectivity index (χ1) is 22.6. The summed E-state index contributed by atoms with van der Waals surface area (Å²) in [7, 11) is 0. The van der Waals surface area contributed by atoms with Crippen molar-refractivity contribution < 1.29 is 0 Å². The Labute approximate surface area is 267 Å². The fraction of sp³-hybridized carbons (Fsp3) is 0.0976. The zero-order valence-electron chi connectivity index (χ0n) is 25.6. The van der Waals surface area contributed by atoms with Gasteiger partial charge in [0.1, 0.15) is 17.5 Å². The van der Waals surface area contributed by atoms with Crippen LogP contribution in [0.25, 0.3) is 38.8 Å². The van der Waals surface area contributed by atoms with E-state index in [1.807, 2.05) is 42.6 Å². The number of nitrogens with one attached hydrogen (secondary N) is 1. The fourth-order valence-corrected chi connectivity index (χ4v) is 7.35. The van der Waals surface area contributed by atoms with Crippen LogP contribution in [-0.2, 0) is 5.41 Å². The normalized spacial score (nSPS) is 15.3. The van der Waals surface area contributed by atoms with Gasteiger partial charge in [-0.1, -0.05) is 123 Å². The van der Waals surface area contributed by atoms with Gasteiger partial charge in [0.05, 0.1) is 11.0 Å². The molecular weight excluding hydrogens is 562 g/mol. The number of rotatable bonds is 4. The van der Waals surface area contributed by atoms with Crippen molar-refractivity contribution in [3.8, 4) is 16.9 Å². The van der Waals surface area contributed by atoms with Crippen LogP contribution in [0.1, 0.15) is 47.8 Å². The van der Waals surface area contributed by atoms with Crippen molar-refractivity contribution in [3.05, 3.63) is 167 Å². The van der Waals surface area contributed by atoms with Gasteiger partial charge in [0.25, 0.3) is 0 Å². The van der Waals surface area contributed by atoms with Gasteiger partial charge in [-0.25, -0.2) is 15.0 Å². The standard InChI is InChI=1S/C41H31N5/c1-41(2)32-19-11-9-17-29(32)30-22-23-34-36(37(30)41)31-18-10-12-20-33(31)46(34)35-24-21-28(25-42-35)40-44-38(26-13-5-3-6-14-26)43-39(45-40)27-15-7-4-8-16-27/h3-25,40H,1-2H3,(H,43,44,45). The molecule has 0 saturated heterocycles. The van der Waals surface area contributed by atoms with Crippen molar-refractivity contribution in [1.29, 1.82) is 0 Å². The third-order valence-corrected chi connectivity index (χ3v) is 9.49. The first-order valence-corrected chi connectivity index (χ1v) is 15.7. The largest absolute Gasteiger partial charge is 0.324 e. The number of fused-ring (bicyclic) bond motifs is 7. The molecule has 0 spiro atoms. The quantitative estimate of drug-likeness (QED) is 0.221. The number of hydrogen-bond acceptors (Lipinski definition) is 4. The average Bonchev–Trinajstić information content (AvgIpc) is 3.57. The van der Waals surface area contributed by atoms with Gasteiger partial charge in [0.15, 0.2) is 6.17 Å². The van der Waals surface area contributed by atoms with Crippen LogP contribution < -0.4 is 5.32 Å². The van der Waals surface area contributed by atoms with E-state index in [0.29, 0.717) is 0 Å². The van der Waals surface area contributed by atoms with Crippen molar-refractivity contribution in [2.45, 2.75) is 25.4 Å². The smallest absolute Gasteiger partial charge is 0.171 e. The Bertz CT molecular complexity index is 2290. The number of para-hydroxylation sites is 1. The van der Waals surface area contributed by atoms with E-state index in [0.717, 1.165) is 45.2 Å². The van der Waals surface area contributed by atoms with E-state index in [1.165, 1.54) is 33.0 Å². The highest BCUT2D eigenvalue weighted by atomic mass is 15.2. The highest BCUT2D eigenvalue weighted by molar-refractivity contribution is 6.16. The number of hydrogen-bond donors (Lipinski definition) is 1. The lowest BCUT2D eigenvalue weighted by Gasteiger charge is -2.22. The molecule has 1 N–H and O–H groups in total. The third-order valence-electron chi connectivity index (χ3n) is 9.49. The number of pyridine rings is 1. The second kappa shape index (κ2) is 10.1. The molecule has 0 bridgehead atoms. The summed E-state index contributed by atoms with van der Waals surface area (Å²) in [4.78, 5) is 15.1. The summed E-state index contributed by atoms with van der Waals surface area (Å²) in [5.74, 6) is 2.46. The molecule has 2 aromatic heterocycles. The predicted molar refractivity (Wildman–Crippen MR) is 188 cm³/mol. The lowest BCUT2D eigenvalue weighted by atomic mass is 9.80. The van der Waals surface area contributed by atoms with E-state index in [4.69, 9.17) is 15.0 Å². The van der Waals surface area contributed by atoms with Gasteiger partial charge in [-0.3, -0.25) is 4.57 Å². The van der Waals surface area contributed by atoms with Gasteiger partial charge in [-0.05, 0) is 46.5 Å². The summed E-state index contributed by atoms with van der Waals surface area (Å²) < 4.78 is 2.30. The van der Waals surface area contributed by atoms with Gasteiger partial charge >= 0.3 is 0 Å². The zero-order valence-corrected chi connectivity index (χ0v) is 25.6. The maximum absolute atomic E-state index is 5.07. The van der Waals surface area contributed by atoms with Gasteiger partial charge < -0.3 is 5.32 Å². The summed E-state index contributed by atoms with van der Waals surface area (Å²) in [6.07, 6.45) is 1.51. The Morgan fingerprint density at radius 1 is 0.609 bits per heavy atom. The van der Waals surface area contributed by atoms with Crippen LogP contribution in [0.4, 0.5) is 0 Å². The minimum atomic E-state index is -0.422. The van der Waals surface area contributed by atoms with Gasteiger partial charge in [-0.2, -0.15) is 0 Å². The van der Waals surface area contributed by atoms with Crippen molar-refractivity contribution in [1.82, 2.24) is 14.9 Å². The molecule has 5 nitrogen and oxygen atoms in total. The monoisotopic (exact) mass is 593 g/mol. The van der Waals surface area contributed by atoms with E-state index < -0.39 is 6.17 Å². The van der Waals surface area contributed by atoms with E-state index in [-0.39, 0.29) is 5.41 Å². The van der Waals surface area contributed by atoms with E-state index in [1.54, 1.807) is 0 Å². The SMILES string of the molecule is CC1(C)c2ccccc2-c2ccc3c(c21)c1ccccc1n3-c1ccc(C2N=C(c3ccccc3)NC(c3ccccc3)=N2)cn1. The van der Waals surface area contributed by atoms with Crippen LogP contribution >= 0.6 is 0 Å². The fourth-order valence-electron chi connectivity index (χ4n) is 7.35. The Balaban J connectivity index is 1.18. The van der Waals surface area contributed by atoms with Crippen molar-refractivity contribution in [2.75, 3.05) is 0 Å². The minimum Gasteiger partial charge on any atom is -0.324 e. The van der Waals surface area contributed by atoms with Crippen molar-refractivity contribution >= 4 is 33.5 Å². The number of amidine groups is 2. The highest BCUT2D eigenvalue weighted by Crippen LogP contribution is 2.53. The Kier molecular flexibility index (Phi) is 5.84. The number of aliphatic imine (C=N–C) groups is 2. The van der Waals surface area contributed by atoms with Gasteiger partial charge in [0, 0.05) is 39.1 Å². The van der Waals surface area contributed by atoms with Crippen LogP contribution in [0.15, 0.2) is 150 Å². The summed E-state index contributed by atoms with van der Waals surface area (Å²) in [5.41, 5.74) is 10.6. The molecule has 2 aliphatic rings. The van der Waals surface area contributed by atoms with Crippen molar-refractivity contribution in [2.24, 2.45) is 9.98 Å². The first-order valence-electron chi connectivity index (χ1n) is 15.7. The summed E-state index contributed by atoms with van der Waals surface area (Å²) in [5, 5.41) is 6.01. The lowest BCUT2D eigenvalue weighted by molar-refractivity contribution is 0.666. The van der Waals surface area contributed by atoms with Crippen LogP contribution in [0, 0.1) is 0 Å². The Hall–Kier alpha value is -5.81. The second-order valence-corrected chi connectivity index (χ2v) is 12.5. The second-order valence-electron chi connectivity index (χ2n) is 12.5. The van der Waals surface area contributed by atoms with Crippen LogP contribution in [0.2, 0.25) is 0 Å². The average molecular weight is 594 g/mol. The molecule has 9 rings (SSSR count). The third kappa shape index (κ3) is 3.98. The molecular formula is C41H31N5. The summed E-state index contributed by atoms with van der Waals surface area (Å²) in [6, 6.07) is 46.7. The number of nitrogens with zero attached hydrogens (tertiary/aromatic N) is 4. The molecule has 0 atom stereocenters. The molecule has 46 heavy (non-hydrogen) atoms. The molecule has 5 aromatic carbocycles. The number of benzene rings is 5. The first kappa shape index (κ1) is 26.6. The summed E-state index contributed by atoms with van der Waals surface area (Å²) in [6.45, 7) is 4.70. The molecule has 7 aromatic rings. The molecule has 220 valence electrons. The zero-order chi connectivity index (χ0) is 30.8.